The van der Waals surface area contributed by atoms with E-state index >= 15 is 0 Å². The Hall–Kier alpha value is -0.550. The van der Waals surface area contributed by atoms with Crippen molar-refractivity contribution < 1.29 is 9.53 Å². The Balaban J connectivity index is 2.77. The first-order chi connectivity index (χ1) is 6.69. The molecule has 0 aliphatic carbocycles. The minimum Gasteiger partial charge on any atom is -0.464 e. The summed E-state index contributed by atoms with van der Waals surface area (Å²) in [6.07, 6.45) is 0. The van der Waals surface area contributed by atoms with Gasteiger partial charge < -0.3 is 4.74 Å². The highest BCUT2D eigenvalue weighted by molar-refractivity contribution is 7.98. The molecule has 0 N–H and O–H groups in total. The van der Waals surface area contributed by atoms with Crippen molar-refractivity contribution in [1.29, 1.82) is 0 Å². The van der Waals surface area contributed by atoms with Crippen molar-refractivity contribution in [3.8, 4) is 0 Å². The second-order valence-corrected chi connectivity index (χ2v) is 5.20. The van der Waals surface area contributed by atoms with Gasteiger partial charge in [-0.1, -0.05) is 6.92 Å². The molecular formula is C9H13NO2S2. The fraction of sp³-hybridized carbons (Fsp3) is 0.556. The molecule has 0 fully saturated rings. The van der Waals surface area contributed by atoms with Gasteiger partial charge in [0.1, 0.15) is 5.01 Å². The molecule has 14 heavy (non-hydrogen) atoms. The van der Waals surface area contributed by atoms with Gasteiger partial charge >= 0.3 is 5.97 Å². The van der Waals surface area contributed by atoms with Gasteiger partial charge in [-0.3, -0.25) is 0 Å². The van der Waals surface area contributed by atoms with Crippen LogP contribution in [0.3, 0.4) is 0 Å². The highest BCUT2D eigenvalue weighted by Gasteiger charge is 2.15. The van der Waals surface area contributed by atoms with E-state index in [0.29, 0.717) is 5.69 Å². The van der Waals surface area contributed by atoms with Crippen LogP contribution in [-0.2, 0) is 10.5 Å². The van der Waals surface area contributed by atoms with E-state index in [1.54, 1.807) is 23.1 Å². The number of nitrogens with zero attached hydrogens (tertiary/aromatic N) is 1. The van der Waals surface area contributed by atoms with E-state index in [1.165, 1.54) is 7.11 Å². The van der Waals surface area contributed by atoms with Crippen molar-refractivity contribution in [2.45, 2.75) is 19.6 Å². The van der Waals surface area contributed by atoms with Gasteiger partial charge in [0.2, 0.25) is 0 Å². The number of esters is 1. The van der Waals surface area contributed by atoms with Crippen molar-refractivity contribution in [2.75, 3.05) is 12.9 Å². The summed E-state index contributed by atoms with van der Waals surface area (Å²) in [5, 5.41) is 0.995. The zero-order chi connectivity index (χ0) is 10.6. The molecule has 0 saturated carbocycles. The lowest BCUT2D eigenvalue weighted by Gasteiger charge is -1.94. The molecule has 0 bridgehead atoms. The summed E-state index contributed by atoms with van der Waals surface area (Å²) >= 11 is 3.36. The second-order valence-electron chi connectivity index (χ2n) is 2.64. The first-order valence-corrected chi connectivity index (χ1v) is 6.28. The number of hydrogen-bond donors (Lipinski definition) is 0. The first-order valence-electron chi connectivity index (χ1n) is 4.31. The minimum atomic E-state index is -0.341. The maximum Gasteiger partial charge on any atom is 0.357 e. The number of thioether (sulfide) groups is 1. The Morgan fingerprint density at radius 2 is 2.36 bits per heavy atom. The lowest BCUT2D eigenvalue weighted by molar-refractivity contribution is 0.0594. The lowest BCUT2D eigenvalue weighted by Crippen LogP contribution is -2.03. The molecule has 0 spiro atoms. The van der Waals surface area contributed by atoms with Crippen LogP contribution in [0, 0.1) is 6.92 Å². The normalized spacial score (nSPS) is 10.2. The van der Waals surface area contributed by atoms with Gasteiger partial charge in [-0.05, 0) is 12.7 Å². The van der Waals surface area contributed by atoms with Crippen molar-refractivity contribution >= 4 is 29.1 Å². The SMILES string of the molecule is CCSCc1nc(C(=O)OC)c(C)s1. The van der Waals surface area contributed by atoms with Gasteiger partial charge in [-0.2, -0.15) is 11.8 Å². The van der Waals surface area contributed by atoms with Crippen LogP contribution in [-0.4, -0.2) is 23.8 Å². The molecule has 0 amide bonds. The summed E-state index contributed by atoms with van der Waals surface area (Å²) < 4.78 is 4.63. The number of methoxy groups -OCH3 is 1. The molecule has 3 nitrogen and oxygen atoms in total. The molecule has 1 rings (SSSR count). The van der Waals surface area contributed by atoms with Crippen LogP contribution in [0.2, 0.25) is 0 Å². The van der Waals surface area contributed by atoms with E-state index < -0.39 is 0 Å². The molecule has 0 aliphatic heterocycles. The second kappa shape index (κ2) is 5.36. The summed E-state index contributed by atoms with van der Waals surface area (Å²) in [7, 11) is 1.38. The maximum absolute atomic E-state index is 11.2. The minimum absolute atomic E-state index is 0.341. The third kappa shape index (κ3) is 2.72. The molecule has 0 unspecified atom stereocenters. The molecule has 1 aromatic heterocycles. The maximum atomic E-state index is 11.2. The van der Waals surface area contributed by atoms with Gasteiger partial charge in [0, 0.05) is 10.6 Å². The smallest absolute Gasteiger partial charge is 0.357 e. The summed E-state index contributed by atoms with van der Waals surface area (Å²) in [6.45, 7) is 4.00. The number of aryl methyl sites for hydroxylation is 1. The molecular weight excluding hydrogens is 218 g/mol. The quantitative estimate of drug-likeness (QED) is 0.746. The largest absolute Gasteiger partial charge is 0.464 e. The number of ether oxygens (including phenoxy) is 1. The van der Waals surface area contributed by atoms with E-state index in [-0.39, 0.29) is 5.97 Å². The first kappa shape index (κ1) is 11.5. The van der Waals surface area contributed by atoms with Crippen LogP contribution in [0.5, 0.6) is 0 Å². The van der Waals surface area contributed by atoms with Crippen LogP contribution < -0.4 is 0 Å². The zero-order valence-electron chi connectivity index (χ0n) is 8.49. The van der Waals surface area contributed by atoms with Crippen LogP contribution >= 0.6 is 23.1 Å². The predicted molar refractivity (Wildman–Crippen MR) is 60.0 cm³/mol. The highest BCUT2D eigenvalue weighted by Crippen LogP contribution is 2.22. The Kier molecular flexibility index (Phi) is 4.41. The number of carbonyl (C=O) groups is 1. The molecule has 0 radical (unpaired) electrons. The van der Waals surface area contributed by atoms with Crippen LogP contribution in [0.25, 0.3) is 0 Å². The molecule has 78 valence electrons. The number of hydrogen-bond acceptors (Lipinski definition) is 5. The van der Waals surface area contributed by atoms with E-state index in [4.69, 9.17) is 0 Å². The average Bonchev–Trinajstić information content (AvgIpc) is 2.55. The Bertz CT molecular complexity index is 323. The highest BCUT2D eigenvalue weighted by atomic mass is 32.2. The Morgan fingerprint density at radius 3 is 2.93 bits per heavy atom. The van der Waals surface area contributed by atoms with Crippen LogP contribution in [0.1, 0.15) is 27.3 Å². The summed E-state index contributed by atoms with van der Waals surface area (Å²) in [5.74, 6) is 1.59. The average molecular weight is 231 g/mol. The van der Waals surface area contributed by atoms with Crippen molar-refractivity contribution in [3.05, 3.63) is 15.6 Å². The third-order valence-corrected chi connectivity index (χ3v) is 3.69. The van der Waals surface area contributed by atoms with Gasteiger partial charge in [-0.25, -0.2) is 9.78 Å². The van der Waals surface area contributed by atoms with E-state index in [1.807, 2.05) is 6.92 Å². The van der Waals surface area contributed by atoms with Crippen molar-refractivity contribution in [3.63, 3.8) is 0 Å². The Labute approximate surface area is 91.9 Å². The van der Waals surface area contributed by atoms with E-state index in [9.17, 15) is 4.79 Å². The third-order valence-electron chi connectivity index (χ3n) is 1.65. The fourth-order valence-corrected chi connectivity index (χ4v) is 2.63. The summed E-state index contributed by atoms with van der Waals surface area (Å²) in [6, 6.07) is 0. The van der Waals surface area contributed by atoms with Gasteiger partial charge in [0.25, 0.3) is 0 Å². The number of thiazole rings is 1. The topological polar surface area (TPSA) is 39.2 Å². The zero-order valence-corrected chi connectivity index (χ0v) is 10.1. The van der Waals surface area contributed by atoms with E-state index in [0.717, 1.165) is 21.4 Å². The van der Waals surface area contributed by atoms with Gasteiger partial charge in [0.15, 0.2) is 5.69 Å². The molecule has 0 aliphatic rings. The molecule has 0 atom stereocenters. The van der Waals surface area contributed by atoms with E-state index in [2.05, 4.69) is 16.6 Å². The van der Waals surface area contributed by atoms with Crippen molar-refractivity contribution in [2.24, 2.45) is 0 Å². The number of rotatable bonds is 4. The lowest BCUT2D eigenvalue weighted by atomic mass is 10.4. The summed E-state index contributed by atoms with van der Waals surface area (Å²) in [4.78, 5) is 16.4. The number of carbonyl (C=O) groups excluding carboxylic acids is 1. The fourth-order valence-electron chi connectivity index (χ4n) is 0.988. The summed E-state index contributed by atoms with van der Waals surface area (Å²) in [5.41, 5.74) is 0.462. The van der Waals surface area contributed by atoms with Gasteiger partial charge in [0.05, 0.1) is 7.11 Å². The van der Waals surface area contributed by atoms with Gasteiger partial charge in [-0.15, -0.1) is 11.3 Å². The monoisotopic (exact) mass is 231 g/mol. The van der Waals surface area contributed by atoms with Crippen LogP contribution in [0.4, 0.5) is 0 Å². The molecule has 5 heteroatoms. The molecule has 1 aromatic rings. The van der Waals surface area contributed by atoms with Crippen molar-refractivity contribution in [1.82, 2.24) is 4.98 Å². The predicted octanol–water partition coefficient (Wildman–Crippen LogP) is 2.49. The molecule has 0 aromatic carbocycles. The standard InChI is InChI=1S/C9H13NO2S2/c1-4-13-5-7-10-8(6(2)14-7)9(11)12-3/h4-5H2,1-3H3. The Morgan fingerprint density at radius 1 is 1.64 bits per heavy atom. The molecule has 1 heterocycles. The number of aromatic nitrogens is 1. The van der Waals surface area contributed by atoms with Crippen LogP contribution in [0.15, 0.2) is 0 Å². The molecule has 0 saturated heterocycles.